The molecule has 19 heavy (non-hydrogen) atoms. The maximum Gasteiger partial charge on any atom is 0.405 e. The fourth-order valence-corrected chi connectivity index (χ4v) is 1.84. The quantitative estimate of drug-likeness (QED) is 0.570. The number of rotatable bonds is 5. The Morgan fingerprint density at radius 1 is 1.53 bits per heavy atom. The van der Waals surface area contributed by atoms with Gasteiger partial charge in [-0.2, -0.15) is 0 Å². The first-order valence-corrected chi connectivity index (χ1v) is 5.98. The molecule has 2 unspecified atom stereocenters. The van der Waals surface area contributed by atoms with Crippen LogP contribution in [0.1, 0.15) is 17.2 Å². The van der Waals surface area contributed by atoms with E-state index in [0.29, 0.717) is 16.1 Å². The number of primary amides is 1. The number of thiocarbonyl (C=S) groups is 1. The molecule has 0 aromatic heterocycles. The lowest BCUT2D eigenvalue weighted by Gasteiger charge is -2.23. The van der Waals surface area contributed by atoms with Crippen LogP contribution >= 0.6 is 12.2 Å². The van der Waals surface area contributed by atoms with E-state index in [2.05, 4.69) is 5.32 Å². The van der Waals surface area contributed by atoms with Crippen molar-refractivity contribution in [2.75, 3.05) is 13.7 Å². The Hall–Kier alpha value is -1.70. The lowest BCUT2D eigenvalue weighted by atomic mass is 9.98. The first-order valence-electron chi connectivity index (χ1n) is 5.57. The highest BCUT2D eigenvalue weighted by Gasteiger charge is 2.27. The van der Waals surface area contributed by atoms with Crippen LogP contribution in [0.5, 0.6) is 0 Å². The Morgan fingerprint density at radius 3 is 2.68 bits per heavy atom. The molecule has 6 nitrogen and oxygen atoms in total. The van der Waals surface area contributed by atoms with Crippen LogP contribution in [-0.2, 0) is 4.74 Å². The van der Waals surface area contributed by atoms with Gasteiger partial charge in [-0.25, -0.2) is 4.79 Å². The Morgan fingerprint density at radius 2 is 2.16 bits per heavy atom. The van der Waals surface area contributed by atoms with E-state index >= 15 is 0 Å². The fourth-order valence-electron chi connectivity index (χ4n) is 1.66. The summed E-state index contributed by atoms with van der Waals surface area (Å²) in [5.74, 6) is 0. The van der Waals surface area contributed by atoms with E-state index in [-0.39, 0.29) is 0 Å². The summed E-state index contributed by atoms with van der Waals surface area (Å²) in [6.45, 7) is -0.571. The molecule has 104 valence electrons. The average Bonchev–Trinajstić information content (AvgIpc) is 2.43. The molecule has 0 heterocycles. The number of aliphatic hydroxyl groups excluding tert-OH is 2. The van der Waals surface area contributed by atoms with E-state index in [1.54, 1.807) is 31.3 Å². The van der Waals surface area contributed by atoms with Gasteiger partial charge in [-0.1, -0.05) is 36.5 Å². The normalized spacial score (nSPS) is 13.4. The van der Waals surface area contributed by atoms with Crippen molar-refractivity contribution < 1.29 is 19.7 Å². The van der Waals surface area contributed by atoms with Crippen LogP contribution in [-0.4, -0.2) is 41.1 Å². The molecule has 1 amide bonds. The lowest BCUT2D eigenvalue weighted by molar-refractivity contribution is -0.0230. The van der Waals surface area contributed by atoms with Gasteiger partial charge in [0.05, 0.1) is 6.61 Å². The minimum Gasteiger partial charge on any atom is -0.439 e. The third kappa shape index (κ3) is 3.88. The number of aliphatic hydroxyl groups is 2. The van der Waals surface area contributed by atoms with Gasteiger partial charge in [0.2, 0.25) is 0 Å². The van der Waals surface area contributed by atoms with Gasteiger partial charge in [-0.15, -0.1) is 0 Å². The number of ether oxygens (including phenoxy) is 1. The molecule has 0 fully saturated rings. The highest BCUT2D eigenvalue weighted by atomic mass is 32.1. The van der Waals surface area contributed by atoms with Crippen LogP contribution in [0.3, 0.4) is 0 Å². The molecule has 0 aliphatic carbocycles. The van der Waals surface area contributed by atoms with Crippen LogP contribution in [0, 0.1) is 0 Å². The Bertz CT molecular complexity index is 467. The van der Waals surface area contributed by atoms with Gasteiger partial charge >= 0.3 is 6.09 Å². The fraction of sp³-hybridized carbons (Fsp3) is 0.333. The van der Waals surface area contributed by atoms with Crippen molar-refractivity contribution in [1.29, 1.82) is 0 Å². The lowest BCUT2D eigenvalue weighted by Crippen LogP contribution is -2.31. The topological polar surface area (TPSA) is 105 Å². The zero-order valence-corrected chi connectivity index (χ0v) is 11.2. The number of hydrogen-bond acceptors (Lipinski definition) is 5. The maximum atomic E-state index is 10.9. The van der Waals surface area contributed by atoms with E-state index in [4.69, 9.17) is 27.8 Å². The maximum absolute atomic E-state index is 10.9. The second-order valence-corrected chi connectivity index (χ2v) is 4.18. The molecule has 0 aliphatic heterocycles. The Kier molecular flexibility index (Phi) is 5.68. The van der Waals surface area contributed by atoms with Crippen molar-refractivity contribution in [1.82, 2.24) is 5.32 Å². The van der Waals surface area contributed by atoms with Crippen molar-refractivity contribution in [2.45, 2.75) is 12.2 Å². The Labute approximate surface area is 116 Å². The van der Waals surface area contributed by atoms with Gasteiger partial charge in [-0.05, 0) is 0 Å². The number of nitrogens with two attached hydrogens (primary N) is 1. The molecule has 1 aromatic carbocycles. The summed E-state index contributed by atoms with van der Waals surface area (Å²) in [6, 6.07) is 6.83. The summed E-state index contributed by atoms with van der Waals surface area (Å²) in [4.78, 5) is 11.3. The standard InChI is InChI=1S/C12H16N2O4S/c1-14-11(19)8-5-3-2-4-7(8)10(9(16)6-15)18-12(13)17/h2-5,9-10,15-16H,6H2,1H3,(H2,13,17)(H,14,19). The number of carbonyl (C=O) groups is 1. The molecule has 0 aliphatic rings. The van der Waals surface area contributed by atoms with Gasteiger partial charge in [0, 0.05) is 18.2 Å². The molecule has 0 saturated heterocycles. The molecule has 0 saturated carbocycles. The molecule has 1 rings (SSSR count). The predicted octanol–water partition coefficient (Wildman–Crippen LogP) is 0.0711. The van der Waals surface area contributed by atoms with Crippen LogP contribution in [0.4, 0.5) is 4.79 Å². The molecule has 5 N–H and O–H groups in total. The molecule has 0 radical (unpaired) electrons. The first kappa shape index (κ1) is 15.4. The number of nitrogens with one attached hydrogen (secondary N) is 1. The van der Waals surface area contributed by atoms with E-state index in [1.807, 2.05) is 0 Å². The van der Waals surface area contributed by atoms with E-state index < -0.39 is 24.9 Å². The van der Waals surface area contributed by atoms with Crippen LogP contribution in [0.25, 0.3) is 0 Å². The molecule has 7 heteroatoms. The van der Waals surface area contributed by atoms with Gasteiger partial charge in [0.25, 0.3) is 0 Å². The Balaban J connectivity index is 3.21. The van der Waals surface area contributed by atoms with E-state index in [1.165, 1.54) is 0 Å². The average molecular weight is 284 g/mol. The number of hydrogen-bond donors (Lipinski definition) is 4. The summed E-state index contributed by atoms with van der Waals surface area (Å²) < 4.78 is 4.87. The van der Waals surface area contributed by atoms with Crippen LogP contribution < -0.4 is 11.1 Å². The number of benzene rings is 1. The first-order chi connectivity index (χ1) is 9.01. The van der Waals surface area contributed by atoms with Crippen LogP contribution in [0.2, 0.25) is 0 Å². The van der Waals surface area contributed by atoms with Crippen molar-refractivity contribution in [3.63, 3.8) is 0 Å². The van der Waals surface area contributed by atoms with Crippen molar-refractivity contribution in [2.24, 2.45) is 5.73 Å². The molecule has 1 aromatic rings. The van der Waals surface area contributed by atoms with E-state index in [9.17, 15) is 9.90 Å². The molecule has 2 atom stereocenters. The highest BCUT2D eigenvalue weighted by Crippen LogP contribution is 2.25. The minimum absolute atomic E-state index is 0.429. The van der Waals surface area contributed by atoms with Crippen molar-refractivity contribution >= 4 is 23.3 Å². The summed E-state index contributed by atoms with van der Waals surface area (Å²) in [6.07, 6.45) is -3.40. The predicted molar refractivity (Wildman–Crippen MR) is 73.7 cm³/mol. The zero-order valence-electron chi connectivity index (χ0n) is 10.4. The zero-order chi connectivity index (χ0) is 14.4. The smallest absolute Gasteiger partial charge is 0.405 e. The third-order valence-corrected chi connectivity index (χ3v) is 2.94. The summed E-state index contributed by atoms with van der Waals surface area (Å²) in [7, 11) is 1.66. The molecule has 0 spiro atoms. The second kappa shape index (κ2) is 7.03. The highest BCUT2D eigenvalue weighted by molar-refractivity contribution is 7.80. The molecular formula is C12H16N2O4S. The van der Waals surface area contributed by atoms with Gasteiger partial charge in [0.15, 0.2) is 6.10 Å². The summed E-state index contributed by atoms with van der Waals surface area (Å²) in [5, 5.41) is 21.6. The van der Waals surface area contributed by atoms with E-state index in [0.717, 1.165) is 0 Å². The monoisotopic (exact) mass is 284 g/mol. The number of amides is 1. The van der Waals surface area contributed by atoms with Gasteiger partial charge in [-0.3, -0.25) is 0 Å². The largest absolute Gasteiger partial charge is 0.439 e. The van der Waals surface area contributed by atoms with Gasteiger partial charge < -0.3 is 26.0 Å². The number of carbonyl (C=O) groups excluding carboxylic acids is 1. The molecular weight excluding hydrogens is 268 g/mol. The second-order valence-electron chi connectivity index (χ2n) is 3.77. The van der Waals surface area contributed by atoms with Crippen LogP contribution in [0.15, 0.2) is 24.3 Å². The minimum atomic E-state index is -1.28. The van der Waals surface area contributed by atoms with Crippen molar-refractivity contribution in [3.05, 3.63) is 35.4 Å². The van der Waals surface area contributed by atoms with Crippen molar-refractivity contribution in [3.8, 4) is 0 Å². The van der Waals surface area contributed by atoms with Gasteiger partial charge in [0.1, 0.15) is 11.1 Å². The third-order valence-electron chi connectivity index (χ3n) is 2.52. The SMILES string of the molecule is CNC(=S)c1ccccc1C(OC(N)=O)C(O)CO. The summed E-state index contributed by atoms with van der Waals surface area (Å²) >= 11 is 5.14. The summed E-state index contributed by atoms with van der Waals surface area (Å²) in [5.41, 5.74) is 6.05. The molecule has 0 bridgehead atoms.